The van der Waals surface area contributed by atoms with Crippen LogP contribution in [0.15, 0.2) is 0 Å². The van der Waals surface area contributed by atoms with Crippen LogP contribution in [0.3, 0.4) is 0 Å². The van der Waals surface area contributed by atoms with E-state index in [0.29, 0.717) is 0 Å². The fourth-order valence-electron chi connectivity index (χ4n) is 1.80. The largest absolute Gasteiger partial charge is 0.325 e. The number of hydrogen-bond acceptors (Lipinski definition) is 2. The molecule has 0 aliphatic heterocycles. The molecule has 1 fully saturated rings. The predicted molar refractivity (Wildman–Crippen MR) is 48.2 cm³/mol. The van der Waals surface area contributed by atoms with Crippen molar-refractivity contribution in [2.75, 3.05) is 0 Å². The van der Waals surface area contributed by atoms with Crippen molar-refractivity contribution in [3.63, 3.8) is 0 Å². The zero-order valence-electron chi connectivity index (χ0n) is 8.07. The molecule has 0 radical (unpaired) electrons. The predicted octanol–water partition coefficient (Wildman–Crippen LogP) is 1.24. The Hall–Kier alpha value is -0.0800. The van der Waals surface area contributed by atoms with Gasteiger partial charge in [0.1, 0.15) is 0 Å². The molecule has 2 atom stereocenters. The van der Waals surface area contributed by atoms with Gasteiger partial charge in [-0.3, -0.25) is 0 Å². The van der Waals surface area contributed by atoms with Crippen LogP contribution >= 0.6 is 0 Å². The van der Waals surface area contributed by atoms with Crippen molar-refractivity contribution in [3.05, 3.63) is 0 Å². The van der Waals surface area contributed by atoms with E-state index in [-0.39, 0.29) is 16.5 Å². The molecule has 1 aliphatic rings. The van der Waals surface area contributed by atoms with Crippen LogP contribution in [0.5, 0.6) is 0 Å². The first kappa shape index (κ1) is 9.01. The summed E-state index contributed by atoms with van der Waals surface area (Å²) in [5, 5.41) is 0. The van der Waals surface area contributed by atoms with Gasteiger partial charge in [0, 0.05) is 16.5 Å². The molecule has 2 nitrogen and oxygen atoms in total. The Morgan fingerprint density at radius 2 is 1.09 bits per heavy atom. The minimum absolute atomic E-state index is 0.0417. The lowest BCUT2D eigenvalue weighted by Crippen LogP contribution is -2.57. The van der Waals surface area contributed by atoms with E-state index in [1.54, 1.807) is 0 Å². The monoisotopic (exact) mass is 156 g/mol. The second kappa shape index (κ2) is 1.99. The van der Waals surface area contributed by atoms with Gasteiger partial charge in [0.15, 0.2) is 0 Å². The fourth-order valence-corrected chi connectivity index (χ4v) is 1.80. The molecule has 0 spiro atoms. The Morgan fingerprint density at radius 1 is 0.818 bits per heavy atom. The summed E-state index contributed by atoms with van der Waals surface area (Å²) in [5.41, 5.74) is 12.1. The first-order chi connectivity index (χ1) is 4.71. The van der Waals surface area contributed by atoms with Crippen molar-refractivity contribution in [1.82, 2.24) is 0 Å². The Balaban J connectivity index is 3.00. The summed E-state index contributed by atoms with van der Waals surface area (Å²) < 4.78 is 0. The minimum Gasteiger partial charge on any atom is -0.325 e. The second-order valence-corrected chi connectivity index (χ2v) is 4.96. The molecular formula is C9H20N2. The quantitative estimate of drug-likeness (QED) is 0.554. The molecule has 1 aliphatic carbocycles. The first-order valence-corrected chi connectivity index (χ1v) is 4.28. The van der Waals surface area contributed by atoms with Crippen LogP contribution in [0.2, 0.25) is 0 Å². The van der Waals surface area contributed by atoms with Gasteiger partial charge in [0.25, 0.3) is 0 Å². The molecule has 0 aromatic rings. The number of nitrogens with two attached hydrogens (primary N) is 2. The molecule has 2 unspecified atom stereocenters. The minimum atomic E-state index is -0.101. The van der Waals surface area contributed by atoms with Crippen molar-refractivity contribution in [1.29, 1.82) is 0 Å². The third kappa shape index (κ3) is 1.00. The van der Waals surface area contributed by atoms with Gasteiger partial charge < -0.3 is 11.5 Å². The van der Waals surface area contributed by atoms with E-state index >= 15 is 0 Å². The number of hydrogen-bond donors (Lipinski definition) is 2. The van der Waals surface area contributed by atoms with Gasteiger partial charge in [-0.05, 0) is 26.7 Å². The van der Waals surface area contributed by atoms with E-state index in [1.807, 2.05) is 0 Å². The van der Waals surface area contributed by atoms with E-state index in [9.17, 15) is 0 Å². The van der Waals surface area contributed by atoms with Crippen LogP contribution in [-0.4, -0.2) is 11.1 Å². The zero-order chi connectivity index (χ0) is 8.91. The second-order valence-electron chi connectivity index (χ2n) is 4.96. The van der Waals surface area contributed by atoms with Crippen molar-refractivity contribution in [2.24, 2.45) is 16.9 Å². The maximum atomic E-state index is 6.15. The average Bonchev–Trinajstić information content (AvgIpc) is 1.93. The lowest BCUT2D eigenvalue weighted by atomic mass is 9.69. The van der Waals surface area contributed by atoms with Gasteiger partial charge >= 0.3 is 0 Å². The molecular weight excluding hydrogens is 136 g/mol. The van der Waals surface area contributed by atoms with E-state index in [2.05, 4.69) is 27.7 Å². The molecule has 0 aromatic heterocycles. The standard InChI is InChI=1S/C9H20N2/c1-7(2)8(3,10)5-6-9(7,4)11/h5-6,10-11H2,1-4H3. The van der Waals surface area contributed by atoms with Crippen LogP contribution in [0.4, 0.5) is 0 Å². The first-order valence-electron chi connectivity index (χ1n) is 4.28. The topological polar surface area (TPSA) is 52.0 Å². The van der Waals surface area contributed by atoms with E-state index < -0.39 is 0 Å². The molecule has 11 heavy (non-hydrogen) atoms. The molecule has 1 saturated carbocycles. The highest BCUT2D eigenvalue weighted by Gasteiger charge is 2.54. The summed E-state index contributed by atoms with van der Waals surface area (Å²) in [5.74, 6) is 0. The summed E-state index contributed by atoms with van der Waals surface area (Å²) in [6.07, 6.45) is 2.07. The average molecular weight is 156 g/mol. The van der Waals surface area contributed by atoms with Crippen molar-refractivity contribution < 1.29 is 0 Å². The van der Waals surface area contributed by atoms with Crippen molar-refractivity contribution >= 4 is 0 Å². The molecule has 1 rings (SSSR count). The smallest absolute Gasteiger partial charge is 0.0195 e. The van der Waals surface area contributed by atoms with Crippen LogP contribution in [0.25, 0.3) is 0 Å². The molecule has 66 valence electrons. The summed E-state index contributed by atoms with van der Waals surface area (Å²) in [6, 6.07) is 0. The Bertz CT molecular complexity index is 150. The lowest BCUT2D eigenvalue weighted by molar-refractivity contribution is 0.147. The van der Waals surface area contributed by atoms with Gasteiger partial charge in [-0.1, -0.05) is 13.8 Å². The maximum absolute atomic E-state index is 6.15. The van der Waals surface area contributed by atoms with E-state index in [0.717, 1.165) is 12.8 Å². The molecule has 4 N–H and O–H groups in total. The highest BCUT2D eigenvalue weighted by atomic mass is 14.9. The van der Waals surface area contributed by atoms with Gasteiger partial charge in [-0.25, -0.2) is 0 Å². The molecule has 0 aromatic carbocycles. The van der Waals surface area contributed by atoms with Crippen LogP contribution in [-0.2, 0) is 0 Å². The van der Waals surface area contributed by atoms with E-state index in [1.165, 1.54) is 0 Å². The molecule has 0 heterocycles. The Morgan fingerprint density at radius 3 is 1.18 bits per heavy atom. The normalized spacial score (nSPS) is 49.6. The molecule has 0 bridgehead atoms. The lowest BCUT2D eigenvalue weighted by Gasteiger charge is -2.43. The van der Waals surface area contributed by atoms with Crippen LogP contribution in [0, 0.1) is 5.41 Å². The molecule has 0 amide bonds. The fraction of sp³-hybridized carbons (Fsp3) is 1.00. The summed E-state index contributed by atoms with van der Waals surface area (Å²) in [6.45, 7) is 8.54. The van der Waals surface area contributed by atoms with Gasteiger partial charge in [0.2, 0.25) is 0 Å². The maximum Gasteiger partial charge on any atom is 0.0195 e. The Labute approximate surface area is 69.3 Å². The van der Waals surface area contributed by atoms with Gasteiger partial charge in [0.05, 0.1) is 0 Å². The highest BCUT2D eigenvalue weighted by Crippen LogP contribution is 2.49. The zero-order valence-corrected chi connectivity index (χ0v) is 8.07. The van der Waals surface area contributed by atoms with E-state index in [4.69, 9.17) is 11.5 Å². The van der Waals surface area contributed by atoms with Gasteiger partial charge in [-0.2, -0.15) is 0 Å². The summed E-state index contributed by atoms with van der Waals surface area (Å²) in [7, 11) is 0. The Kier molecular flexibility index (Phi) is 1.63. The van der Waals surface area contributed by atoms with Gasteiger partial charge in [-0.15, -0.1) is 0 Å². The SMILES string of the molecule is CC1(N)CCC(C)(N)C1(C)C. The number of rotatable bonds is 0. The summed E-state index contributed by atoms with van der Waals surface area (Å²) in [4.78, 5) is 0. The molecule has 2 heteroatoms. The van der Waals surface area contributed by atoms with Crippen LogP contribution in [0.1, 0.15) is 40.5 Å². The third-order valence-electron chi connectivity index (χ3n) is 4.02. The third-order valence-corrected chi connectivity index (χ3v) is 4.02. The molecule has 0 saturated heterocycles. The van der Waals surface area contributed by atoms with Crippen molar-refractivity contribution in [3.8, 4) is 0 Å². The summed E-state index contributed by atoms with van der Waals surface area (Å²) >= 11 is 0. The van der Waals surface area contributed by atoms with Crippen molar-refractivity contribution in [2.45, 2.75) is 51.6 Å². The highest BCUT2D eigenvalue weighted by molar-refractivity contribution is 5.13. The van der Waals surface area contributed by atoms with Crippen LogP contribution < -0.4 is 11.5 Å².